The monoisotopic (exact) mass is 342 g/mol. The summed E-state index contributed by atoms with van der Waals surface area (Å²) >= 11 is 0. The second kappa shape index (κ2) is 9.83. The minimum Gasteiger partial charge on any atom is -0.480 e. The lowest BCUT2D eigenvalue weighted by Gasteiger charge is -2.17. The summed E-state index contributed by atoms with van der Waals surface area (Å²) in [7, 11) is 0. The van der Waals surface area contributed by atoms with Crippen molar-refractivity contribution in [2.45, 2.75) is 51.7 Å². The Bertz CT molecular complexity index is 533. The minimum absolute atomic E-state index is 0.0151. The van der Waals surface area contributed by atoms with E-state index < -0.39 is 18.0 Å². The molecule has 2 atom stereocenters. The highest BCUT2D eigenvalue weighted by Gasteiger charge is 2.23. The van der Waals surface area contributed by atoms with Crippen molar-refractivity contribution in [3.8, 4) is 0 Å². The Morgan fingerprint density at radius 1 is 1.33 bits per heavy atom. The van der Waals surface area contributed by atoms with E-state index in [9.17, 15) is 9.59 Å². The molecule has 0 bridgehead atoms. The van der Waals surface area contributed by atoms with Gasteiger partial charge in [0.25, 0.3) is 0 Å². The number of aliphatic carboxylic acids is 1. The first-order valence-corrected chi connectivity index (χ1v) is 7.90. The van der Waals surface area contributed by atoms with Gasteiger partial charge in [-0.05, 0) is 25.3 Å². The van der Waals surface area contributed by atoms with Crippen molar-refractivity contribution < 1.29 is 19.2 Å². The van der Waals surface area contributed by atoms with Crippen LogP contribution < -0.4 is 22.1 Å². The van der Waals surface area contributed by atoms with Gasteiger partial charge in [0.1, 0.15) is 6.04 Å². The maximum atomic E-state index is 11.7. The number of aromatic nitrogens is 2. The van der Waals surface area contributed by atoms with Crippen molar-refractivity contribution in [3.63, 3.8) is 0 Å². The van der Waals surface area contributed by atoms with Crippen LogP contribution in [0, 0.1) is 5.92 Å². The molecule has 0 spiro atoms. The van der Waals surface area contributed by atoms with E-state index in [0.29, 0.717) is 18.8 Å². The Balaban J connectivity index is 2.45. The second-order valence-electron chi connectivity index (χ2n) is 5.82. The summed E-state index contributed by atoms with van der Waals surface area (Å²) in [6.45, 7) is 4.00. The lowest BCUT2D eigenvalue weighted by molar-refractivity contribution is -0.140. The first-order valence-electron chi connectivity index (χ1n) is 7.90. The molecule has 0 aromatic carbocycles. The molecule has 1 unspecified atom stereocenters. The Morgan fingerprint density at radius 3 is 2.62 bits per heavy atom. The lowest BCUT2D eigenvalue weighted by Crippen LogP contribution is -2.48. The number of unbranched alkanes of at least 4 members (excludes halogenated alkanes) is 1. The third-order valence-corrected chi connectivity index (χ3v) is 3.40. The largest absolute Gasteiger partial charge is 0.480 e. The van der Waals surface area contributed by atoms with Crippen LogP contribution in [0.4, 0.5) is 4.79 Å². The predicted molar refractivity (Wildman–Crippen MR) is 85.8 cm³/mol. The van der Waals surface area contributed by atoms with Gasteiger partial charge < -0.3 is 31.7 Å². The van der Waals surface area contributed by atoms with Gasteiger partial charge in [-0.25, -0.2) is 9.59 Å². The van der Waals surface area contributed by atoms with Crippen LogP contribution in [0.3, 0.4) is 0 Å². The molecule has 136 valence electrons. The molecule has 10 nitrogen and oxygen atoms in total. The summed E-state index contributed by atoms with van der Waals surface area (Å²) in [5.41, 5.74) is 11.4. The van der Waals surface area contributed by atoms with Crippen molar-refractivity contribution >= 4 is 12.0 Å². The number of amides is 2. The van der Waals surface area contributed by atoms with Gasteiger partial charge in [-0.1, -0.05) is 25.4 Å². The van der Waals surface area contributed by atoms with Gasteiger partial charge in [0, 0.05) is 0 Å². The third-order valence-electron chi connectivity index (χ3n) is 3.40. The van der Waals surface area contributed by atoms with Gasteiger partial charge in [-0.2, -0.15) is 4.98 Å². The summed E-state index contributed by atoms with van der Waals surface area (Å²) in [6.07, 6.45) is 2.44. The van der Waals surface area contributed by atoms with E-state index in [1.807, 2.05) is 0 Å². The van der Waals surface area contributed by atoms with Crippen LogP contribution in [0.2, 0.25) is 0 Å². The Kier molecular flexibility index (Phi) is 8.13. The lowest BCUT2D eigenvalue weighted by atomic mass is 10.1. The molecular weight excluding hydrogens is 316 g/mol. The summed E-state index contributed by atoms with van der Waals surface area (Å²) in [4.78, 5) is 26.9. The Hall–Kier alpha value is -2.20. The molecule has 1 aromatic heterocycles. The molecule has 1 heterocycles. The average Bonchev–Trinajstić information content (AvgIpc) is 2.99. The molecule has 10 heteroatoms. The number of hydrogen-bond acceptors (Lipinski definition) is 7. The van der Waals surface area contributed by atoms with Gasteiger partial charge in [0.05, 0.1) is 12.6 Å². The van der Waals surface area contributed by atoms with Gasteiger partial charge in [0.15, 0.2) is 5.82 Å². The molecule has 0 aliphatic heterocycles. The number of carboxylic acids is 1. The second-order valence-corrected chi connectivity index (χ2v) is 5.82. The fourth-order valence-corrected chi connectivity index (χ4v) is 1.99. The summed E-state index contributed by atoms with van der Waals surface area (Å²) in [5, 5.41) is 17.7. The van der Waals surface area contributed by atoms with Crippen molar-refractivity contribution in [2.75, 3.05) is 6.54 Å². The maximum Gasteiger partial charge on any atom is 0.326 e. The molecule has 0 saturated heterocycles. The summed E-state index contributed by atoms with van der Waals surface area (Å²) < 4.78 is 5.02. The smallest absolute Gasteiger partial charge is 0.326 e. The highest BCUT2D eigenvalue weighted by atomic mass is 16.5. The van der Waals surface area contributed by atoms with Crippen LogP contribution in [0.25, 0.3) is 0 Å². The highest BCUT2D eigenvalue weighted by molar-refractivity contribution is 5.82. The Labute approximate surface area is 140 Å². The van der Waals surface area contributed by atoms with Gasteiger partial charge in [0.2, 0.25) is 5.89 Å². The van der Waals surface area contributed by atoms with Crippen LogP contribution in [0.1, 0.15) is 50.9 Å². The molecule has 0 aliphatic rings. The van der Waals surface area contributed by atoms with Crippen LogP contribution in [0.5, 0.6) is 0 Å². The van der Waals surface area contributed by atoms with E-state index in [0.717, 1.165) is 12.8 Å². The highest BCUT2D eigenvalue weighted by Crippen LogP contribution is 2.13. The maximum absolute atomic E-state index is 11.7. The first-order chi connectivity index (χ1) is 11.3. The molecule has 1 rings (SSSR count). The average molecular weight is 342 g/mol. The number of carbonyl (C=O) groups is 2. The minimum atomic E-state index is -1.09. The third kappa shape index (κ3) is 6.50. The zero-order valence-electron chi connectivity index (χ0n) is 14.0. The van der Waals surface area contributed by atoms with Gasteiger partial charge in [-0.3, -0.25) is 0 Å². The van der Waals surface area contributed by atoms with E-state index in [4.69, 9.17) is 21.1 Å². The standard InChI is InChI=1S/C14H26N6O4/c1-8(2)11(13(21)22)19-14(23)17-7-10-18-12(20-24-10)9(16)5-3-4-6-15/h8-9,11H,3-7,15-16H2,1-2H3,(H,21,22)(H2,17,19,23)/t9-,11?/m0/s1. The molecule has 0 saturated carbocycles. The molecule has 1 aromatic rings. The molecule has 7 N–H and O–H groups in total. The fraction of sp³-hybridized carbons (Fsp3) is 0.714. The SMILES string of the molecule is CC(C)C(NC(=O)NCc1nc([C@@H](N)CCCCN)no1)C(=O)O. The molecule has 0 radical (unpaired) electrons. The van der Waals surface area contributed by atoms with E-state index in [1.165, 1.54) is 0 Å². The normalized spacial score (nSPS) is 13.5. The number of carbonyl (C=O) groups excluding carboxylic acids is 1. The van der Waals surface area contributed by atoms with Crippen LogP contribution in [-0.4, -0.2) is 39.8 Å². The molecule has 0 fully saturated rings. The molecular formula is C14H26N6O4. The van der Waals surface area contributed by atoms with Crippen molar-refractivity contribution in [1.29, 1.82) is 0 Å². The zero-order valence-corrected chi connectivity index (χ0v) is 14.0. The van der Waals surface area contributed by atoms with Crippen LogP contribution >= 0.6 is 0 Å². The van der Waals surface area contributed by atoms with E-state index in [2.05, 4.69) is 20.8 Å². The van der Waals surface area contributed by atoms with Crippen molar-refractivity contribution in [2.24, 2.45) is 17.4 Å². The molecule has 0 aliphatic carbocycles. The number of hydrogen-bond donors (Lipinski definition) is 5. The zero-order chi connectivity index (χ0) is 18.1. The molecule has 24 heavy (non-hydrogen) atoms. The number of nitrogens with zero attached hydrogens (tertiary/aromatic N) is 2. The number of nitrogens with one attached hydrogen (secondary N) is 2. The summed E-state index contributed by atoms with van der Waals surface area (Å²) in [6, 6.07) is -1.94. The predicted octanol–water partition coefficient (Wildman–Crippen LogP) is 0.107. The van der Waals surface area contributed by atoms with E-state index >= 15 is 0 Å². The van der Waals surface area contributed by atoms with Gasteiger partial charge >= 0.3 is 12.0 Å². The summed E-state index contributed by atoms with van der Waals surface area (Å²) in [5.74, 6) is -0.765. The van der Waals surface area contributed by atoms with E-state index in [1.54, 1.807) is 13.8 Å². The van der Waals surface area contributed by atoms with Crippen LogP contribution in [-0.2, 0) is 11.3 Å². The fourth-order valence-electron chi connectivity index (χ4n) is 1.99. The quantitative estimate of drug-likeness (QED) is 0.373. The van der Waals surface area contributed by atoms with Crippen LogP contribution in [0.15, 0.2) is 4.52 Å². The van der Waals surface area contributed by atoms with Crippen molar-refractivity contribution in [3.05, 3.63) is 11.7 Å². The number of rotatable bonds is 10. The van der Waals surface area contributed by atoms with Gasteiger partial charge in [-0.15, -0.1) is 0 Å². The van der Waals surface area contributed by atoms with Crippen molar-refractivity contribution in [1.82, 2.24) is 20.8 Å². The topological polar surface area (TPSA) is 169 Å². The first kappa shape index (κ1) is 19.8. The number of urea groups is 1. The van der Waals surface area contributed by atoms with E-state index in [-0.39, 0.29) is 24.4 Å². The Morgan fingerprint density at radius 2 is 2.04 bits per heavy atom. The molecule has 2 amide bonds. The number of carboxylic acid groups (broad SMARTS) is 1. The number of nitrogens with two attached hydrogens (primary N) is 2.